The third kappa shape index (κ3) is 4.05. The Morgan fingerprint density at radius 1 is 0.963 bits per heavy atom. The predicted molar refractivity (Wildman–Crippen MR) is 80.3 cm³/mol. The van der Waals surface area contributed by atoms with E-state index in [1.54, 1.807) is 0 Å². The molecule has 1 N–H and O–H groups in total. The Hall–Kier alpha value is -1.06. The summed E-state index contributed by atoms with van der Waals surface area (Å²) >= 11 is 0. The minimum Gasteiger partial charge on any atom is -0.457 e. The van der Waals surface area contributed by atoms with Crippen molar-refractivity contribution in [3.8, 4) is 0 Å². The highest BCUT2D eigenvalue weighted by molar-refractivity contribution is 5.79. The van der Waals surface area contributed by atoms with Gasteiger partial charge >= 0.3 is 18.3 Å². The summed E-state index contributed by atoms with van der Waals surface area (Å²) in [5.74, 6) is -1.32. The Labute approximate surface area is 152 Å². The zero-order valence-electron chi connectivity index (χ0n) is 15.2. The number of hydrogen-bond acceptors (Lipinski definition) is 3. The molecule has 2 rings (SSSR count). The summed E-state index contributed by atoms with van der Waals surface area (Å²) in [6.07, 6.45) is -11.4. The van der Waals surface area contributed by atoms with Crippen LogP contribution in [0.4, 0.5) is 30.7 Å². The van der Waals surface area contributed by atoms with Gasteiger partial charge < -0.3 is 9.84 Å². The highest BCUT2D eigenvalue weighted by Gasteiger charge is 2.73. The van der Waals surface area contributed by atoms with E-state index in [1.165, 1.54) is 13.8 Å². The summed E-state index contributed by atoms with van der Waals surface area (Å²) < 4.78 is 96.4. The van der Waals surface area contributed by atoms with E-state index in [2.05, 4.69) is 0 Å². The molecular formula is C17H23F7O3. The molecule has 2 bridgehead atoms. The van der Waals surface area contributed by atoms with Crippen LogP contribution in [0.15, 0.2) is 0 Å². The maximum Gasteiger partial charge on any atom is 0.426 e. The highest BCUT2D eigenvalue weighted by Crippen LogP contribution is 2.53. The summed E-state index contributed by atoms with van der Waals surface area (Å²) in [6, 6.07) is 0. The first-order chi connectivity index (χ1) is 11.9. The summed E-state index contributed by atoms with van der Waals surface area (Å²) in [7, 11) is 0. The molecule has 2 aliphatic rings. The van der Waals surface area contributed by atoms with Crippen molar-refractivity contribution in [2.24, 2.45) is 17.8 Å². The zero-order valence-corrected chi connectivity index (χ0v) is 15.2. The molecule has 0 amide bonds. The van der Waals surface area contributed by atoms with Crippen molar-refractivity contribution in [3.05, 3.63) is 0 Å². The van der Waals surface area contributed by atoms with Gasteiger partial charge in [0, 0.05) is 12.3 Å². The van der Waals surface area contributed by atoms with Gasteiger partial charge in [-0.1, -0.05) is 6.42 Å². The van der Waals surface area contributed by atoms with Crippen molar-refractivity contribution in [1.29, 1.82) is 0 Å². The molecule has 3 nitrogen and oxygen atoms in total. The van der Waals surface area contributed by atoms with E-state index in [-0.39, 0.29) is 18.8 Å². The second-order valence-corrected chi connectivity index (χ2v) is 8.50. The van der Waals surface area contributed by atoms with Gasteiger partial charge in [-0.05, 0) is 51.9 Å². The van der Waals surface area contributed by atoms with Crippen molar-refractivity contribution in [3.63, 3.8) is 0 Å². The fourth-order valence-electron chi connectivity index (χ4n) is 4.43. The van der Waals surface area contributed by atoms with Crippen molar-refractivity contribution >= 4 is 5.97 Å². The first-order valence-corrected chi connectivity index (χ1v) is 8.69. The van der Waals surface area contributed by atoms with Gasteiger partial charge in [0.1, 0.15) is 5.60 Å². The lowest BCUT2D eigenvalue weighted by atomic mass is 9.78. The first-order valence-electron chi connectivity index (χ1n) is 8.69. The number of carbonyl (C=O) groups excluding carboxylic acids is 1. The third-order valence-corrected chi connectivity index (χ3v) is 5.94. The maximum absolute atomic E-state index is 14.6. The Kier molecular flexibility index (Phi) is 5.34. The predicted octanol–water partition coefficient (Wildman–Crippen LogP) is 4.72. The van der Waals surface area contributed by atoms with Crippen molar-refractivity contribution < 1.29 is 45.4 Å². The molecule has 27 heavy (non-hydrogen) atoms. The Morgan fingerprint density at radius 2 is 1.48 bits per heavy atom. The molecule has 4 unspecified atom stereocenters. The highest BCUT2D eigenvalue weighted by atomic mass is 19.4. The van der Waals surface area contributed by atoms with Gasteiger partial charge in [-0.25, -0.2) is 9.18 Å². The fourth-order valence-corrected chi connectivity index (χ4v) is 4.43. The number of fused-ring (bicyclic) bond motifs is 2. The average Bonchev–Trinajstić information content (AvgIpc) is 3.06. The molecule has 2 aliphatic carbocycles. The Balaban J connectivity index is 2.16. The Bertz CT molecular complexity index is 566. The zero-order chi connectivity index (χ0) is 21.1. The largest absolute Gasteiger partial charge is 0.457 e. The number of halogens is 7. The standard InChI is InChI=1S/C17H23F7O3/c1-13(2,11-7-9-4-5-10(11)6-9)27-12(25)14(3,18)8-15(26,16(19,20)21)17(22,23)24/h9-11,26H,4-8H2,1-3H3. The molecular weight excluding hydrogens is 385 g/mol. The van der Waals surface area contributed by atoms with Crippen LogP contribution in [0.3, 0.4) is 0 Å². The van der Waals surface area contributed by atoms with Gasteiger partial charge in [0.25, 0.3) is 5.60 Å². The summed E-state index contributed by atoms with van der Waals surface area (Å²) in [6.45, 7) is 3.22. The van der Waals surface area contributed by atoms with Crippen LogP contribution in [0.5, 0.6) is 0 Å². The van der Waals surface area contributed by atoms with E-state index >= 15 is 0 Å². The molecule has 0 spiro atoms. The molecule has 0 aromatic heterocycles. The SMILES string of the molecule is CC(F)(CC(O)(C(F)(F)F)C(F)(F)F)C(=O)OC(C)(C)C1CC2CCC1C2. The second kappa shape index (κ2) is 6.49. The van der Waals surface area contributed by atoms with Crippen molar-refractivity contribution in [2.45, 2.75) is 82.1 Å². The number of carbonyl (C=O) groups is 1. The molecule has 0 aromatic carbocycles. The number of rotatable bonds is 5. The third-order valence-electron chi connectivity index (χ3n) is 5.94. The van der Waals surface area contributed by atoms with Crippen LogP contribution in [-0.4, -0.2) is 40.3 Å². The van der Waals surface area contributed by atoms with Crippen LogP contribution >= 0.6 is 0 Å². The lowest BCUT2D eigenvalue weighted by Crippen LogP contribution is -2.61. The monoisotopic (exact) mass is 408 g/mol. The molecule has 2 saturated carbocycles. The van der Waals surface area contributed by atoms with Gasteiger partial charge in [-0.3, -0.25) is 0 Å². The summed E-state index contributed by atoms with van der Waals surface area (Å²) in [5, 5.41) is 9.17. The minimum absolute atomic E-state index is 0.139. The van der Waals surface area contributed by atoms with Gasteiger partial charge in [-0.2, -0.15) is 26.3 Å². The molecule has 0 aromatic rings. The number of esters is 1. The normalized spacial score (nSPS) is 28.9. The number of aliphatic hydroxyl groups is 1. The molecule has 0 saturated heterocycles. The number of alkyl halides is 7. The van der Waals surface area contributed by atoms with Crippen LogP contribution < -0.4 is 0 Å². The summed E-state index contributed by atoms with van der Waals surface area (Å²) in [4.78, 5) is 12.1. The smallest absolute Gasteiger partial charge is 0.426 e. The van der Waals surface area contributed by atoms with E-state index < -0.39 is 41.6 Å². The van der Waals surface area contributed by atoms with Crippen LogP contribution in [0.25, 0.3) is 0 Å². The lowest BCUT2D eigenvalue weighted by molar-refractivity contribution is -0.375. The summed E-state index contributed by atoms with van der Waals surface area (Å²) in [5.41, 5.74) is -10.3. The van der Waals surface area contributed by atoms with Crippen LogP contribution in [0.1, 0.15) is 52.9 Å². The number of hydrogen-bond donors (Lipinski definition) is 1. The first kappa shape index (κ1) is 22.2. The van der Waals surface area contributed by atoms with E-state index in [4.69, 9.17) is 9.84 Å². The molecule has 10 heteroatoms. The van der Waals surface area contributed by atoms with E-state index in [0.717, 1.165) is 19.3 Å². The molecule has 2 fully saturated rings. The second-order valence-electron chi connectivity index (χ2n) is 8.50. The molecule has 0 radical (unpaired) electrons. The van der Waals surface area contributed by atoms with Crippen molar-refractivity contribution in [2.75, 3.05) is 0 Å². The topological polar surface area (TPSA) is 46.5 Å². The van der Waals surface area contributed by atoms with E-state index in [1.807, 2.05) is 0 Å². The van der Waals surface area contributed by atoms with Gasteiger partial charge in [-0.15, -0.1) is 0 Å². The molecule has 158 valence electrons. The number of ether oxygens (including phenoxy) is 1. The van der Waals surface area contributed by atoms with E-state index in [9.17, 15) is 35.5 Å². The van der Waals surface area contributed by atoms with Gasteiger partial charge in [0.15, 0.2) is 0 Å². The fraction of sp³-hybridized carbons (Fsp3) is 0.941. The van der Waals surface area contributed by atoms with Gasteiger partial charge in [0.2, 0.25) is 5.67 Å². The quantitative estimate of drug-likeness (QED) is 0.529. The molecule has 0 heterocycles. The average molecular weight is 408 g/mol. The minimum atomic E-state index is -6.21. The van der Waals surface area contributed by atoms with E-state index in [0.29, 0.717) is 12.3 Å². The van der Waals surface area contributed by atoms with Gasteiger partial charge in [0.05, 0.1) is 0 Å². The maximum atomic E-state index is 14.6. The molecule has 4 atom stereocenters. The lowest BCUT2D eigenvalue weighted by Gasteiger charge is -2.40. The Morgan fingerprint density at radius 3 is 1.85 bits per heavy atom. The van der Waals surface area contributed by atoms with Crippen molar-refractivity contribution in [1.82, 2.24) is 0 Å². The van der Waals surface area contributed by atoms with Crippen LogP contribution in [0.2, 0.25) is 0 Å². The molecule has 0 aliphatic heterocycles. The van der Waals surface area contributed by atoms with Crippen LogP contribution in [-0.2, 0) is 9.53 Å². The van der Waals surface area contributed by atoms with Crippen LogP contribution in [0, 0.1) is 17.8 Å².